The van der Waals surface area contributed by atoms with E-state index in [0.717, 1.165) is 0 Å². The van der Waals surface area contributed by atoms with Crippen molar-refractivity contribution in [2.75, 3.05) is 13.7 Å². The number of esters is 2. The number of nitrogens with two attached hydrogens (primary N) is 1. The highest BCUT2D eigenvalue weighted by atomic mass is 16.5. The maximum Gasteiger partial charge on any atom is 0.328 e. The zero-order valence-corrected chi connectivity index (χ0v) is 10.1. The highest BCUT2D eigenvalue weighted by Gasteiger charge is 2.46. The summed E-state index contributed by atoms with van der Waals surface area (Å²) in [7, 11) is 1.26. The first kappa shape index (κ1) is 12.8. The zero-order valence-electron chi connectivity index (χ0n) is 10.1. The van der Waals surface area contributed by atoms with Gasteiger partial charge in [-0.2, -0.15) is 0 Å². The molecule has 2 fully saturated rings. The Morgan fingerprint density at radius 3 is 2.83 bits per heavy atom. The molecule has 2 N–H and O–H groups in total. The number of piperidine rings is 1. The smallest absolute Gasteiger partial charge is 0.328 e. The van der Waals surface area contributed by atoms with Crippen LogP contribution >= 0.6 is 0 Å². The number of rotatable bonds is 1. The van der Waals surface area contributed by atoms with Crippen LogP contribution in [0.15, 0.2) is 0 Å². The van der Waals surface area contributed by atoms with E-state index in [-0.39, 0.29) is 6.61 Å². The summed E-state index contributed by atoms with van der Waals surface area (Å²) in [5.41, 5.74) is 5.63. The molecule has 0 radical (unpaired) electrons. The SMILES string of the molecule is COC(=O)[C@@H]1CCC[C@@H]2C(=O)OCC(N)C(=O)N21. The number of carbonyl (C=O) groups is 3. The fraction of sp³-hybridized carbons (Fsp3) is 0.727. The van der Waals surface area contributed by atoms with Crippen molar-refractivity contribution in [3.63, 3.8) is 0 Å². The average molecular weight is 256 g/mol. The van der Waals surface area contributed by atoms with Gasteiger partial charge in [0.25, 0.3) is 0 Å². The van der Waals surface area contributed by atoms with Crippen LogP contribution in [-0.4, -0.2) is 54.6 Å². The zero-order chi connectivity index (χ0) is 13.3. The summed E-state index contributed by atoms with van der Waals surface area (Å²) in [6.07, 6.45) is 1.64. The van der Waals surface area contributed by atoms with E-state index in [2.05, 4.69) is 4.74 Å². The third-order valence-electron chi connectivity index (χ3n) is 3.35. The van der Waals surface area contributed by atoms with E-state index in [4.69, 9.17) is 10.5 Å². The van der Waals surface area contributed by atoms with Gasteiger partial charge in [-0.25, -0.2) is 9.59 Å². The van der Waals surface area contributed by atoms with Crippen molar-refractivity contribution in [1.82, 2.24) is 4.90 Å². The molecule has 100 valence electrons. The molecular formula is C11H16N2O5. The molecule has 3 atom stereocenters. The monoisotopic (exact) mass is 256 g/mol. The number of amides is 1. The van der Waals surface area contributed by atoms with Crippen LogP contribution in [0.2, 0.25) is 0 Å². The Hall–Kier alpha value is -1.63. The van der Waals surface area contributed by atoms with Gasteiger partial charge in [-0.1, -0.05) is 0 Å². The molecule has 2 rings (SSSR count). The maximum atomic E-state index is 12.1. The minimum absolute atomic E-state index is 0.140. The molecule has 18 heavy (non-hydrogen) atoms. The molecule has 2 aliphatic heterocycles. The predicted molar refractivity (Wildman–Crippen MR) is 59.2 cm³/mol. The predicted octanol–water partition coefficient (Wildman–Crippen LogP) is -1.21. The number of carbonyl (C=O) groups excluding carboxylic acids is 3. The molecule has 0 spiro atoms. The van der Waals surface area contributed by atoms with Gasteiger partial charge in [0.1, 0.15) is 24.7 Å². The molecule has 0 saturated carbocycles. The normalized spacial score (nSPS) is 32.3. The third-order valence-corrected chi connectivity index (χ3v) is 3.35. The lowest BCUT2D eigenvalue weighted by molar-refractivity contribution is -0.162. The van der Waals surface area contributed by atoms with Crippen LogP contribution in [0.3, 0.4) is 0 Å². The van der Waals surface area contributed by atoms with Crippen LogP contribution in [0.5, 0.6) is 0 Å². The number of ether oxygens (including phenoxy) is 2. The second-order valence-corrected chi connectivity index (χ2v) is 4.47. The highest BCUT2D eigenvalue weighted by Crippen LogP contribution is 2.27. The Morgan fingerprint density at radius 2 is 2.17 bits per heavy atom. The molecule has 0 aromatic rings. The molecule has 0 aromatic carbocycles. The van der Waals surface area contributed by atoms with E-state index in [1.807, 2.05) is 0 Å². The van der Waals surface area contributed by atoms with Gasteiger partial charge in [0.05, 0.1) is 7.11 Å². The molecule has 1 unspecified atom stereocenters. The average Bonchev–Trinajstić information content (AvgIpc) is 2.50. The molecule has 0 bridgehead atoms. The molecule has 2 aliphatic rings. The van der Waals surface area contributed by atoms with Gasteiger partial charge < -0.3 is 20.1 Å². The van der Waals surface area contributed by atoms with Gasteiger partial charge in [-0.3, -0.25) is 4.79 Å². The highest BCUT2D eigenvalue weighted by molar-refractivity contribution is 5.93. The van der Waals surface area contributed by atoms with Crippen LogP contribution in [-0.2, 0) is 23.9 Å². The molecule has 0 aliphatic carbocycles. The van der Waals surface area contributed by atoms with Crippen molar-refractivity contribution in [2.45, 2.75) is 37.4 Å². The van der Waals surface area contributed by atoms with Crippen LogP contribution in [0, 0.1) is 0 Å². The van der Waals surface area contributed by atoms with E-state index >= 15 is 0 Å². The van der Waals surface area contributed by atoms with E-state index in [9.17, 15) is 14.4 Å². The first-order chi connectivity index (χ1) is 8.56. The van der Waals surface area contributed by atoms with Gasteiger partial charge in [0.2, 0.25) is 5.91 Å². The number of hydrogen-bond acceptors (Lipinski definition) is 6. The van der Waals surface area contributed by atoms with Crippen LogP contribution in [0.1, 0.15) is 19.3 Å². The lowest BCUT2D eigenvalue weighted by Gasteiger charge is -2.38. The molecule has 1 amide bonds. The number of cyclic esters (lactones) is 1. The molecule has 2 saturated heterocycles. The first-order valence-corrected chi connectivity index (χ1v) is 5.88. The number of methoxy groups -OCH3 is 1. The van der Waals surface area contributed by atoms with Gasteiger partial charge in [0.15, 0.2) is 0 Å². The van der Waals surface area contributed by atoms with Gasteiger partial charge in [0, 0.05) is 0 Å². The minimum Gasteiger partial charge on any atom is -0.467 e. The van der Waals surface area contributed by atoms with Gasteiger partial charge >= 0.3 is 11.9 Å². The van der Waals surface area contributed by atoms with Crippen molar-refractivity contribution >= 4 is 17.8 Å². The number of nitrogens with zero attached hydrogens (tertiary/aromatic N) is 1. The Morgan fingerprint density at radius 1 is 1.44 bits per heavy atom. The van der Waals surface area contributed by atoms with E-state index in [1.165, 1.54) is 12.0 Å². The van der Waals surface area contributed by atoms with E-state index in [1.54, 1.807) is 0 Å². The summed E-state index contributed by atoms with van der Waals surface area (Å²) in [5, 5.41) is 0. The van der Waals surface area contributed by atoms with Gasteiger partial charge in [-0.15, -0.1) is 0 Å². The summed E-state index contributed by atoms with van der Waals surface area (Å²) in [6, 6.07) is -2.37. The van der Waals surface area contributed by atoms with Crippen molar-refractivity contribution in [3.8, 4) is 0 Å². The largest absolute Gasteiger partial charge is 0.467 e. The lowest BCUT2D eigenvalue weighted by Crippen LogP contribution is -2.58. The summed E-state index contributed by atoms with van der Waals surface area (Å²) in [5.74, 6) is -1.44. The summed E-state index contributed by atoms with van der Waals surface area (Å²) < 4.78 is 9.61. The Labute approximate surface area is 104 Å². The molecular weight excluding hydrogens is 240 g/mol. The molecule has 7 heteroatoms. The number of hydrogen-bond donors (Lipinski definition) is 1. The van der Waals surface area contributed by atoms with Crippen molar-refractivity contribution < 1.29 is 23.9 Å². The van der Waals surface area contributed by atoms with Crippen LogP contribution in [0.25, 0.3) is 0 Å². The number of fused-ring (bicyclic) bond motifs is 1. The Balaban J connectivity index is 2.32. The summed E-state index contributed by atoms with van der Waals surface area (Å²) >= 11 is 0. The van der Waals surface area contributed by atoms with Gasteiger partial charge in [-0.05, 0) is 19.3 Å². The second-order valence-electron chi connectivity index (χ2n) is 4.47. The fourth-order valence-electron chi connectivity index (χ4n) is 2.44. The first-order valence-electron chi connectivity index (χ1n) is 5.88. The topological polar surface area (TPSA) is 98.9 Å². The lowest BCUT2D eigenvalue weighted by atomic mass is 9.95. The van der Waals surface area contributed by atoms with Crippen molar-refractivity contribution in [2.24, 2.45) is 5.73 Å². The quantitative estimate of drug-likeness (QED) is 0.591. The third kappa shape index (κ3) is 2.05. The van der Waals surface area contributed by atoms with Crippen molar-refractivity contribution in [1.29, 1.82) is 0 Å². The molecule has 7 nitrogen and oxygen atoms in total. The summed E-state index contributed by atoms with van der Waals surface area (Å²) in [6.45, 7) is -0.140. The van der Waals surface area contributed by atoms with E-state index in [0.29, 0.717) is 19.3 Å². The molecule has 2 heterocycles. The summed E-state index contributed by atoms with van der Waals surface area (Å²) in [4.78, 5) is 36.8. The molecule has 0 aromatic heterocycles. The second kappa shape index (κ2) is 4.93. The standard InChI is InChI=1S/C11H16N2O5/c1-17-10(15)7-3-2-4-8-11(16)18-5-6(12)9(14)13(7)8/h6-8H,2-5,12H2,1H3/t6?,7-,8+/m0/s1. The Kier molecular flexibility index (Phi) is 3.51. The van der Waals surface area contributed by atoms with E-state index < -0.39 is 36.0 Å². The minimum atomic E-state index is -0.913. The fourth-order valence-corrected chi connectivity index (χ4v) is 2.44. The van der Waals surface area contributed by atoms with Crippen LogP contribution in [0.4, 0.5) is 0 Å². The van der Waals surface area contributed by atoms with Crippen LogP contribution < -0.4 is 5.73 Å². The Bertz CT molecular complexity index is 384. The van der Waals surface area contributed by atoms with Crippen molar-refractivity contribution in [3.05, 3.63) is 0 Å². The maximum absolute atomic E-state index is 12.1.